The van der Waals surface area contributed by atoms with Crippen molar-refractivity contribution in [3.05, 3.63) is 48.2 Å². The van der Waals surface area contributed by atoms with Gasteiger partial charge in [0, 0.05) is 49.3 Å². The van der Waals surface area contributed by atoms with Crippen molar-refractivity contribution < 1.29 is 23.8 Å². The Morgan fingerprint density at radius 1 is 0.967 bits per heavy atom. The van der Waals surface area contributed by atoms with Crippen molar-refractivity contribution in [3.63, 3.8) is 0 Å². The average Bonchev–Trinajstić information content (AvgIpc) is 3.09. The monoisotopic (exact) mass is 411 g/mol. The van der Waals surface area contributed by atoms with E-state index in [1.54, 1.807) is 69.3 Å². The van der Waals surface area contributed by atoms with E-state index in [1.165, 1.54) is 0 Å². The lowest BCUT2D eigenvalue weighted by molar-refractivity contribution is -0.116. The summed E-state index contributed by atoms with van der Waals surface area (Å²) in [5.74, 6) is 1.44. The van der Waals surface area contributed by atoms with E-state index >= 15 is 0 Å². The van der Waals surface area contributed by atoms with Gasteiger partial charge in [0.25, 0.3) is 5.91 Å². The first-order valence-corrected chi connectivity index (χ1v) is 9.40. The van der Waals surface area contributed by atoms with Gasteiger partial charge in [-0.1, -0.05) is 6.07 Å². The summed E-state index contributed by atoms with van der Waals surface area (Å²) in [5.41, 5.74) is 1.91. The van der Waals surface area contributed by atoms with Gasteiger partial charge in [-0.3, -0.25) is 9.59 Å². The minimum Gasteiger partial charge on any atom is -0.497 e. The van der Waals surface area contributed by atoms with E-state index in [1.807, 2.05) is 6.07 Å². The molecule has 0 saturated heterocycles. The highest BCUT2D eigenvalue weighted by Crippen LogP contribution is 2.33. The van der Waals surface area contributed by atoms with Gasteiger partial charge in [-0.2, -0.15) is 0 Å². The molecule has 8 heteroatoms. The van der Waals surface area contributed by atoms with Crippen LogP contribution in [0.3, 0.4) is 0 Å². The second-order valence-electron chi connectivity index (χ2n) is 6.64. The van der Waals surface area contributed by atoms with Crippen molar-refractivity contribution in [3.8, 4) is 17.2 Å². The molecule has 2 N–H and O–H groups in total. The molecular formula is C22H25N3O5. The van der Waals surface area contributed by atoms with Crippen LogP contribution in [0, 0.1) is 0 Å². The molecule has 0 aliphatic rings. The van der Waals surface area contributed by atoms with E-state index in [4.69, 9.17) is 14.2 Å². The summed E-state index contributed by atoms with van der Waals surface area (Å²) < 4.78 is 17.6. The maximum absolute atomic E-state index is 12.7. The summed E-state index contributed by atoms with van der Waals surface area (Å²) in [6, 6.07) is 12.5. The molecule has 0 radical (unpaired) electrons. The number of aromatic nitrogens is 1. The molecule has 2 amide bonds. The van der Waals surface area contributed by atoms with Crippen LogP contribution in [-0.4, -0.2) is 44.3 Å². The molecule has 0 fully saturated rings. The average molecular weight is 411 g/mol. The Morgan fingerprint density at radius 2 is 1.73 bits per heavy atom. The van der Waals surface area contributed by atoms with E-state index in [2.05, 4.69) is 10.6 Å². The number of hydrogen-bond donors (Lipinski definition) is 2. The SMILES string of the molecule is COc1cccc(NC(=O)CCNC(=O)c2cc3c(OC)cc(OC)cc3n2C)c1. The van der Waals surface area contributed by atoms with Crippen molar-refractivity contribution >= 4 is 28.4 Å². The van der Waals surface area contributed by atoms with E-state index in [9.17, 15) is 9.59 Å². The Hall–Kier alpha value is -3.68. The number of benzene rings is 2. The zero-order chi connectivity index (χ0) is 21.7. The minimum atomic E-state index is -0.274. The Balaban J connectivity index is 1.64. The Labute approximate surface area is 174 Å². The number of fused-ring (bicyclic) bond motifs is 1. The lowest BCUT2D eigenvalue weighted by Crippen LogP contribution is -2.29. The first kappa shape index (κ1) is 21.0. The molecule has 158 valence electrons. The summed E-state index contributed by atoms with van der Waals surface area (Å²) in [7, 11) is 6.51. The van der Waals surface area contributed by atoms with Gasteiger partial charge in [-0.25, -0.2) is 0 Å². The molecule has 0 saturated carbocycles. The van der Waals surface area contributed by atoms with Gasteiger partial charge >= 0.3 is 0 Å². The fraction of sp³-hybridized carbons (Fsp3) is 0.273. The maximum atomic E-state index is 12.7. The van der Waals surface area contributed by atoms with Gasteiger partial charge in [-0.05, 0) is 18.2 Å². The maximum Gasteiger partial charge on any atom is 0.267 e. The van der Waals surface area contributed by atoms with E-state index < -0.39 is 0 Å². The Morgan fingerprint density at radius 3 is 2.43 bits per heavy atom. The van der Waals surface area contributed by atoms with Crippen LogP contribution in [0.4, 0.5) is 5.69 Å². The van der Waals surface area contributed by atoms with Gasteiger partial charge in [0.05, 0.1) is 26.8 Å². The van der Waals surface area contributed by atoms with Crippen LogP contribution in [0.15, 0.2) is 42.5 Å². The predicted molar refractivity (Wildman–Crippen MR) is 115 cm³/mol. The standard InChI is InChI=1S/C22H25N3O5/c1-25-18-11-16(29-3)12-20(30-4)17(18)13-19(25)22(27)23-9-8-21(26)24-14-6-5-7-15(10-14)28-2/h5-7,10-13H,8-9H2,1-4H3,(H,23,27)(H,24,26). The van der Waals surface area contributed by atoms with Gasteiger partial charge in [-0.15, -0.1) is 0 Å². The molecule has 0 aliphatic heterocycles. The van der Waals surface area contributed by atoms with Crippen LogP contribution in [-0.2, 0) is 11.8 Å². The summed E-state index contributed by atoms with van der Waals surface area (Å²) >= 11 is 0. The number of ether oxygens (including phenoxy) is 3. The number of rotatable bonds is 8. The lowest BCUT2D eigenvalue weighted by Gasteiger charge is -2.09. The van der Waals surface area contributed by atoms with E-state index in [-0.39, 0.29) is 24.8 Å². The summed E-state index contributed by atoms with van der Waals surface area (Å²) in [4.78, 5) is 24.8. The minimum absolute atomic E-state index is 0.143. The number of amides is 2. The molecular weight excluding hydrogens is 386 g/mol. The fourth-order valence-corrected chi connectivity index (χ4v) is 3.18. The molecule has 0 aliphatic carbocycles. The summed E-state index contributed by atoms with van der Waals surface area (Å²) in [5, 5.41) is 6.38. The third-order valence-electron chi connectivity index (χ3n) is 4.78. The first-order valence-electron chi connectivity index (χ1n) is 9.40. The molecule has 30 heavy (non-hydrogen) atoms. The van der Waals surface area contributed by atoms with E-state index in [0.717, 1.165) is 10.9 Å². The van der Waals surface area contributed by atoms with E-state index in [0.29, 0.717) is 28.6 Å². The zero-order valence-electron chi connectivity index (χ0n) is 17.4. The molecule has 0 spiro atoms. The topological polar surface area (TPSA) is 90.8 Å². The van der Waals surface area contributed by atoms with Gasteiger partial charge in [0.2, 0.25) is 5.91 Å². The van der Waals surface area contributed by atoms with Crippen molar-refractivity contribution in [2.75, 3.05) is 33.2 Å². The van der Waals surface area contributed by atoms with Crippen molar-refractivity contribution in [1.29, 1.82) is 0 Å². The number of nitrogens with zero attached hydrogens (tertiary/aromatic N) is 1. The molecule has 2 aromatic carbocycles. The number of hydrogen-bond acceptors (Lipinski definition) is 5. The molecule has 0 atom stereocenters. The van der Waals surface area contributed by atoms with Gasteiger partial charge < -0.3 is 29.4 Å². The van der Waals surface area contributed by atoms with Crippen LogP contribution < -0.4 is 24.8 Å². The Bertz CT molecular complexity index is 1070. The van der Waals surface area contributed by atoms with Crippen molar-refractivity contribution in [2.45, 2.75) is 6.42 Å². The molecule has 3 rings (SSSR count). The highest BCUT2D eigenvalue weighted by Gasteiger charge is 2.17. The number of nitrogens with one attached hydrogen (secondary N) is 2. The second kappa shape index (κ2) is 9.21. The summed E-state index contributed by atoms with van der Waals surface area (Å²) in [6.45, 7) is 0.205. The molecule has 8 nitrogen and oxygen atoms in total. The number of aryl methyl sites for hydroxylation is 1. The zero-order valence-corrected chi connectivity index (χ0v) is 17.4. The van der Waals surface area contributed by atoms with Crippen LogP contribution in [0.2, 0.25) is 0 Å². The van der Waals surface area contributed by atoms with Crippen LogP contribution in [0.5, 0.6) is 17.2 Å². The molecule has 0 bridgehead atoms. The molecule has 1 aromatic heterocycles. The Kier molecular flexibility index (Phi) is 6.46. The third-order valence-corrected chi connectivity index (χ3v) is 4.78. The predicted octanol–water partition coefficient (Wildman–Crippen LogP) is 2.96. The molecule has 0 unspecified atom stereocenters. The molecule has 1 heterocycles. The number of methoxy groups -OCH3 is 3. The first-order chi connectivity index (χ1) is 14.5. The largest absolute Gasteiger partial charge is 0.497 e. The quantitative estimate of drug-likeness (QED) is 0.595. The van der Waals surface area contributed by atoms with Gasteiger partial charge in [0.1, 0.15) is 22.9 Å². The third kappa shape index (κ3) is 4.48. The van der Waals surface area contributed by atoms with Crippen LogP contribution >= 0.6 is 0 Å². The number of carbonyl (C=O) groups is 2. The van der Waals surface area contributed by atoms with Crippen LogP contribution in [0.1, 0.15) is 16.9 Å². The second-order valence-corrected chi connectivity index (χ2v) is 6.64. The lowest BCUT2D eigenvalue weighted by atomic mass is 10.2. The van der Waals surface area contributed by atoms with Crippen molar-refractivity contribution in [1.82, 2.24) is 9.88 Å². The van der Waals surface area contributed by atoms with Crippen LogP contribution in [0.25, 0.3) is 10.9 Å². The number of carbonyl (C=O) groups excluding carboxylic acids is 2. The highest BCUT2D eigenvalue weighted by atomic mass is 16.5. The number of anilines is 1. The van der Waals surface area contributed by atoms with Gasteiger partial charge in [0.15, 0.2) is 0 Å². The fourth-order valence-electron chi connectivity index (χ4n) is 3.18. The smallest absolute Gasteiger partial charge is 0.267 e. The normalized spacial score (nSPS) is 10.5. The van der Waals surface area contributed by atoms with Crippen molar-refractivity contribution in [2.24, 2.45) is 7.05 Å². The summed E-state index contributed by atoms with van der Waals surface area (Å²) in [6.07, 6.45) is 0.143. The highest BCUT2D eigenvalue weighted by molar-refractivity contribution is 6.01. The molecule has 3 aromatic rings.